The SMILES string of the molecule is COC(=O)c1ccc(/C=C/c2cc3c(cc2/C=C/c2ccc(C(=O)OC)cc2)C(C)(C)N(O)C3(C)C)cc1. The molecule has 3 aromatic carbocycles. The van der Waals surface area contributed by atoms with Gasteiger partial charge in [0.2, 0.25) is 0 Å². The number of nitrogens with zero attached hydrogens (tertiary/aromatic N) is 1. The Hall–Kier alpha value is -4.00. The van der Waals surface area contributed by atoms with Crippen LogP contribution in [0.25, 0.3) is 24.3 Å². The molecule has 0 bridgehead atoms. The minimum Gasteiger partial charge on any atom is -0.465 e. The number of esters is 2. The molecule has 0 aliphatic carbocycles. The Balaban J connectivity index is 1.74. The van der Waals surface area contributed by atoms with Crippen molar-refractivity contribution >= 4 is 36.2 Å². The molecule has 0 fully saturated rings. The van der Waals surface area contributed by atoms with Crippen LogP contribution in [0.3, 0.4) is 0 Å². The van der Waals surface area contributed by atoms with Crippen molar-refractivity contribution in [3.63, 3.8) is 0 Å². The van der Waals surface area contributed by atoms with E-state index in [4.69, 9.17) is 9.47 Å². The Morgan fingerprint density at radius 2 is 1.00 bits per heavy atom. The van der Waals surface area contributed by atoms with Gasteiger partial charge in [-0.15, -0.1) is 0 Å². The van der Waals surface area contributed by atoms with E-state index in [0.29, 0.717) is 11.1 Å². The van der Waals surface area contributed by atoms with Gasteiger partial charge in [0, 0.05) is 0 Å². The Morgan fingerprint density at radius 3 is 1.32 bits per heavy atom. The fourth-order valence-electron chi connectivity index (χ4n) is 4.93. The van der Waals surface area contributed by atoms with Gasteiger partial charge in [-0.3, -0.25) is 0 Å². The highest BCUT2D eigenvalue weighted by Gasteiger charge is 2.49. The average molecular weight is 512 g/mol. The summed E-state index contributed by atoms with van der Waals surface area (Å²) in [4.78, 5) is 23.5. The molecule has 0 spiro atoms. The van der Waals surface area contributed by atoms with E-state index < -0.39 is 11.1 Å². The lowest BCUT2D eigenvalue weighted by molar-refractivity contribution is -0.216. The van der Waals surface area contributed by atoms with Crippen molar-refractivity contribution in [1.82, 2.24) is 5.06 Å². The third kappa shape index (κ3) is 5.05. The number of carbonyl (C=O) groups is 2. The van der Waals surface area contributed by atoms with Crippen LogP contribution in [0.1, 0.15) is 81.8 Å². The van der Waals surface area contributed by atoms with E-state index in [9.17, 15) is 14.8 Å². The zero-order chi connectivity index (χ0) is 27.7. The van der Waals surface area contributed by atoms with Gasteiger partial charge in [-0.2, -0.15) is 5.06 Å². The van der Waals surface area contributed by atoms with E-state index in [1.165, 1.54) is 19.3 Å². The average Bonchev–Trinajstić information content (AvgIpc) is 3.06. The maximum absolute atomic E-state index is 11.8. The molecule has 0 saturated heterocycles. The van der Waals surface area contributed by atoms with Crippen LogP contribution >= 0.6 is 0 Å². The monoisotopic (exact) mass is 511 g/mol. The minimum absolute atomic E-state index is 0.371. The number of rotatable bonds is 6. The van der Waals surface area contributed by atoms with Crippen molar-refractivity contribution in [2.45, 2.75) is 38.8 Å². The van der Waals surface area contributed by atoms with Gasteiger partial charge in [-0.25, -0.2) is 9.59 Å². The molecular weight excluding hydrogens is 478 g/mol. The Labute approximate surface area is 223 Å². The molecule has 6 heteroatoms. The lowest BCUT2D eigenvalue weighted by atomic mass is 9.86. The predicted octanol–water partition coefficient (Wildman–Crippen LogP) is 6.78. The summed E-state index contributed by atoms with van der Waals surface area (Å²) in [5, 5.41) is 12.4. The summed E-state index contributed by atoms with van der Waals surface area (Å²) in [5.74, 6) is -0.741. The molecule has 0 amide bonds. The van der Waals surface area contributed by atoms with Gasteiger partial charge in [0.15, 0.2) is 0 Å². The number of hydrogen-bond acceptors (Lipinski definition) is 6. The Morgan fingerprint density at radius 1 is 0.658 bits per heavy atom. The second kappa shape index (κ2) is 10.4. The standard InChI is InChI=1S/C32H33NO5/c1-31(2)27-19-25(17-11-21-7-13-23(14-8-21)29(34)37-5)26(20-28(27)32(3,4)33(31)36)18-12-22-9-15-24(16-10-22)30(35)38-6/h7-20,36H,1-6H3/b17-11+,18-12+. The fourth-order valence-corrected chi connectivity index (χ4v) is 4.93. The molecule has 3 aromatic rings. The summed E-state index contributed by atoms with van der Waals surface area (Å²) >= 11 is 0. The maximum atomic E-state index is 11.8. The molecule has 1 N–H and O–H groups in total. The van der Waals surface area contributed by atoms with Gasteiger partial charge in [0.1, 0.15) is 0 Å². The first-order valence-electron chi connectivity index (χ1n) is 12.4. The third-order valence-electron chi connectivity index (χ3n) is 7.17. The lowest BCUT2D eigenvalue weighted by Crippen LogP contribution is -2.42. The van der Waals surface area contributed by atoms with Crippen molar-refractivity contribution in [1.29, 1.82) is 0 Å². The number of hydrogen-bond donors (Lipinski definition) is 1. The van der Waals surface area contributed by atoms with Crippen molar-refractivity contribution in [3.8, 4) is 0 Å². The smallest absolute Gasteiger partial charge is 0.337 e. The van der Waals surface area contributed by atoms with E-state index in [1.807, 2.05) is 76.3 Å². The molecule has 4 rings (SSSR count). The first-order valence-corrected chi connectivity index (χ1v) is 12.4. The van der Waals surface area contributed by atoms with Gasteiger partial charge >= 0.3 is 11.9 Å². The van der Waals surface area contributed by atoms with Crippen LogP contribution in [0.4, 0.5) is 0 Å². The van der Waals surface area contributed by atoms with Crippen LogP contribution < -0.4 is 0 Å². The first-order chi connectivity index (χ1) is 18.0. The van der Waals surface area contributed by atoms with Crippen LogP contribution in [0.2, 0.25) is 0 Å². The molecule has 0 saturated carbocycles. The summed E-state index contributed by atoms with van der Waals surface area (Å²) in [6.07, 6.45) is 8.07. The highest BCUT2D eigenvalue weighted by molar-refractivity contribution is 5.90. The van der Waals surface area contributed by atoms with Crippen molar-refractivity contribution in [2.24, 2.45) is 0 Å². The highest BCUT2D eigenvalue weighted by Crippen LogP contribution is 2.49. The van der Waals surface area contributed by atoms with Crippen LogP contribution in [0.5, 0.6) is 0 Å². The van der Waals surface area contributed by atoms with E-state index in [1.54, 1.807) is 24.3 Å². The van der Waals surface area contributed by atoms with Crippen LogP contribution in [0, 0.1) is 0 Å². The molecule has 1 heterocycles. The number of methoxy groups -OCH3 is 2. The molecule has 0 aromatic heterocycles. The number of carbonyl (C=O) groups excluding carboxylic acids is 2. The topological polar surface area (TPSA) is 76.1 Å². The molecule has 0 unspecified atom stereocenters. The van der Waals surface area contributed by atoms with Crippen molar-refractivity contribution in [2.75, 3.05) is 14.2 Å². The number of ether oxygens (including phenoxy) is 2. The van der Waals surface area contributed by atoms with E-state index in [-0.39, 0.29) is 11.9 Å². The molecule has 38 heavy (non-hydrogen) atoms. The normalized spacial score (nSPS) is 16.1. The summed E-state index contributed by atoms with van der Waals surface area (Å²) in [7, 11) is 2.73. The quantitative estimate of drug-likeness (QED) is 0.291. The van der Waals surface area contributed by atoms with Crippen molar-refractivity contribution < 1.29 is 24.3 Å². The second-order valence-corrected chi connectivity index (χ2v) is 10.4. The Kier molecular flexibility index (Phi) is 7.40. The summed E-state index contributed by atoms with van der Waals surface area (Å²) in [6, 6.07) is 18.7. The number of benzene rings is 3. The summed E-state index contributed by atoms with van der Waals surface area (Å²) in [6.45, 7) is 8.05. The van der Waals surface area contributed by atoms with Crippen LogP contribution in [-0.2, 0) is 20.6 Å². The van der Waals surface area contributed by atoms with Crippen LogP contribution in [0.15, 0.2) is 60.7 Å². The molecule has 1 aliphatic heterocycles. The van der Waals surface area contributed by atoms with Gasteiger partial charge in [0.05, 0.1) is 36.4 Å². The Bertz CT molecular complexity index is 1300. The van der Waals surface area contributed by atoms with E-state index in [0.717, 1.165) is 33.4 Å². The fraction of sp³-hybridized carbons (Fsp3) is 0.250. The van der Waals surface area contributed by atoms with E-state index >= 15 is 0 Å². The van der Waals surface area contributed by atoms with E-state index in [2.05, 4.69) is 12.1 Å². The second-order valence-electron chi connectivity index (χ2n) is 10.4. The minimum atomic E-state index is -0.560. The van der Waals surface area contributed by atoms with Crippen molar-refractivity contribution in [3.05, 3.63) is 105 Å². The van der Waals surface area contributed by atoms with Gasteiger partial charge in [-0.05, 0) is 97.5 Å². The molecular formula is C32H33NO5. The summed E-state index contributed by atoms with van der Waals surface area (Å²) in [5.41, 5.74) is 5.85. The first kappa shape index (κ1) is 27.0. The van der Waals surface area contributed by atoms with Gasteiger partial charge in [0.25, 0.3) is 0 Å². The maximum Gasteiger partial charge on any atom is 0.337 e. The number of fused-ring (bicyclic) bond motifs is 1. The summed E-state index contributed by atoms with van der Waals surface area (Å²) < 4.78 is 9.57. The highest BCUT2D eigenvalue weighted by atomic mass is 16.5. The zero-order valence-electron chi connectivity index (χ0n) is 22.6. The zero-order valence-corrected chi connectivity index (χ0v) is 22.6. The third-order valence-corrected chi connectivity index (χ3v) is 7.17. The molecule has 0 atom stereocenters. The lowest BCUT2D eigenvalue weighted by Gasteiger charge is -2.34. The van der Waals surface area contributed by atoms with Crippen LogP contribution in [-0.4, -0.2) is 36.4 Å². The predicted molar refractivity (Wildman–Crippen MR) is 150 cm³/mol. The van der Waals surface area contributed by atoms with Gasteiger partial charge < -0.3 is 14.7 Å². The largest absolute Gasteiger partial charge is 0.465 e. The van der Waals surface area contributed by atoms with Gasteiger partial charge in [-0.1, -0.05) is 48.6 Å². The number of hydroxylamine groups is 2. The molecule has 6 nitrogen and oxygen atoms in total. The molecule has 196 valence electrons. The molecule has 0 radical (unpaired) electrons. The molecule has 1 aliphatic rings.